The fraction of sp³-hybridized carbons (Fsp3) is 0.294. The molecule has 24 heavy (non-hydrogen) atoms. The van der Waals surface area contributed by atoms with Gasteiger partial charge in [-0.1, -0.05) is 17.7 Å². The molecule has 2 aromatic heterocycles. The van der Waals surface area contributed by atoms with Gasteiger partial charge in [-0.25, -0.2) is 9.37 Å². The number of hydrogen-bond donors (Lipinski definition) is 1. The number of carbonyl (C=O) groups excluding carboxylic acids is 1. The van der Waals surface area contributed by atoms with E-state index in [0.717, 1.165) is 18.7 Å². The fourth-order valence-electron chi connectivity index (χ4n) is 2.92. The zero-order valence-corrected chi connectivity index (χ0v) is 14.5. The van der Waals surface area contributed by atoms with Gasteiger partial charge in [-0.2, -0.15) is 0 Å². The minimum Gasteiger partial charge on any atom is -0.341 e. The molecule has 1 amide bonds. The van der Waals surface area contributed by atoms with Gasteiger partial charge in [0.2, 0.25) is 0 Å². The van der Waals surface area contributed by atoms with Crippen LogP contribution in [0.1, 0.15) is 34.4 Å². The molecule has 1 atom stereocenters. The summed E-state index contributed by atoms with van der Waals surface area (Å²) in [5.41, 5.74) is 0. The maximum atomic E-state index is 14.0. The highest BCUT2D eigenvalue weighted by Gasteiger charge is 2.36. The number of halogens is 2. The highest BCUT2D eigenvalue weighted by Crippen LogP contribution is 2.42. The van der Waals surface area contributed by atoms with E-state index < -0.39 is 5.82 Å². The van der Waals surface area contributed by atoms with E-state index in [2.05, 4.69) is 10.3 Å². The zero-order valence-electron chi connectivity index (χ0n) is 12.9. The normalized spacial score (nSPS) is 15.6. The van der Waals surface area contributed by atoms with Crippen molar-refractivity contribution in [1.82, 2.24) is 14.9 Å². The highest BCUT2D eigenvalue weighted by molar-refractivity contribution is 7.21. The van der Waals surface area contributed by atoms with Crippen LogP contribution in [-0.4, -0.2) is 15.5 Å². The molecule has 124 valence electrons. The Morgan fingerprint density at radius 2 is 2.29 bits per heavy atom. The van der Waals surface area contributed by atoms with Crippen molar-refractivity contribution in [3.05, 3.63) is 52.1 Å². The van der Waals surface area contributed by atoms with Gasteiger partial charge >= 0.3 is 0 Å². The topological polar surface area (TPSA) is 46.9 Å². The molecule has 0 radical (unpaired) electrons. The second-order valence-corrected chi connectivity index (χ2v) is 7.47. The number of thiophene rings is 1. The Balaban J connectivity index is 1.67. The smallest absolute Gasteiger partial charge is 0.263 e. The monoisotopic (exact) mass is 363 g/mol. The SMILES string of the molecule is Cn1ccnc1C(NC(=O)c1sc2cccc(F)c2c1Cl)C1CC1. The summed E-state index contributed by atoms with van der Waals surface area (Å²) in [6.45, 7) is 0. The molecule has 4 nitrogen and oxygen atoms in total. The predicted molar refractivity (Wildman–Crippen MR) is 92.9 cm³/mol. The van der Waals surface area contributed by atoms with Crippen molar-refractivity contribution in [3.8, 4) is 0 Å². The molecule has 2 heterocycles. The minimum absolute atomic E-state index is 0.149. The van der Waals surface area contributed by atoms with E-state index in [0.29, 0.717) is 20.9 Å². The quantitative estimate of drug-likeness (QED) is 0.750. The first kappa shape index (κ1) is 15.6. The molecular weight excluding hydrogens is 349 g/mol. The Labute approximate surface area is 147 Å². The number of imidazole rings is 1. The van der Waals surface area contributed by atoms with Gasteiger partial charge in [0.15, 0.2) is 0 Å². The van der Waals surface area contributed by atoms with Crippen LogP contribution in [-0.2, 0) is 7.05 Å². The third-order valence-corrected chi connectivity index (χ3v) is 5.97. The van der Waals surface area contributed by atoms with Gasteiger partial charge in [0.25, 0.3) is 5.91 Å². The first-order valence-electron chi connectivity index (χ1n) is 7.71. The van der Waals surface area contributed by atoms with Crippen LogP contribution in [0.15, 0.2) is 30.6 Å². The summed E-state index contributed by atoms with van der Waals surface area (Å²) in [7, 11) is 1.91. The molecule has 0 bridgehead atoms. The molecule has 3 aromatic rings. The van der Waals surface area contributed by atoms with Crippen LogP contribution in [0.5, 0.6) is 0 Å². The number of nitrogens with one attached hydrogen (secondary N) is 1. The molecule has 0 saturated heterocycles. The molecular formula is C17H15ClFN3OS. The molecule has 1 fully saturated rings. The molecule has 1 aliphatic rings. The van der Waals surface area contributed by atoms with Crippen molar-refractivity contribution in [2.45, 2.75) is 18.9 Å². The van der Waals surface area contributed by atoms with Crippen molar-refractivity contribution < 1.29 is 9.18 Å². The molecule has 1 unspecified atom stereocenters. The fourth-order valence-corrected chi connectivity index (χ4v) is 4.38. The van der Waals surface area contributed by atoms with Crippen molar-refractivity contribution in [1.29, 1.82) is 0 Å². The number of nitrogens with zero attached hydrogens (tertiary/aromatic N) is 2. The summed E-state index contributed by atoms with van der Waals surface area (Å²) >= 11 is 7.49. The summed E-state index contributed by atoms with van der Waals surface area (Å²) < 4.78 is 16.6. The van der Waals surface area contributed by atoms with Gasteiger partial charge < -0.3 is 9.88 Å². The van der Waals surface area contributed by atoms with Crippen molar-refractivity contribution in [2.24, 2.45) is 13.0 Å². The summed E-state index contributed by atoms with van der Waals surface area (Å²) in [5.74, 6) is 0.533. The number of amides is 1. The van der Waals surface area contributed by atoms with E-state index in [1.54, 1.807) is 18.3 Å². The number of aryl methyl sites for hydroxylation is 1. The Bertz CT molecular complexity index is 931. The second-order valence-electron chi connectivity index (χ2n) is 6.04. The van der Waals surface area contributed by atoms with Crippen LogP contribution in [0.25, 0.3) is 10.1 Å². The van der Waals surface area contributed by atoms with E-state index in [1.165, 1.54) is 17.4 Å². The number of fused-ring (bicyclic) bond motifs is 1. The Hall–Kier alpha value is -1.92. The molecule has 1 aromatic carbocycles. The van der Waals surface area contributed by atoms with Gasteiger partial charge in [-0.05, 0) is 30.9 Å². The van der Waals surface area contributed by atoms with Crippen molar-refractivity contribution >= 4 is 38.9 Å². The molecule has 0 spiro atoms. The van der Waals surface area contributed by atoms with Crippen molar-refractivity contribution in [3.63, 3.8) is 0 Å². The maximum Gasteiger partial charge on any atom is 0.263 e. The Kier molecular flexibility index (Phi) is 3.81. The molecule has 4 rings (SSSR count). The van der Waals surface area contributed by atoms with Gasteiger partial charge in [0.05, 0.1) is 11.1 Å². The van der Waals surface area contributed by atoms with Crippen LogP contribution in [0.4, 0.5) is 4.39 Å². The van der Waals surface area contributed by atoms with Crippen LogP contribution in [0.2, 0.25) is 5.02 Å². The maximum absolute atomic E-state index is 14.0. The summed E-state index contributed by atoms with van der Waals surface area (Å²) in [6.07, 6.45) is 5.70. The summed E-state index contributed by atoms with van der Waals surface area (Å²) in [5, 5.41) is 3.54. The predicted octanol–water partition coefficient (Wildman–Crippen LogP) is 4.31. The first-order chi connectivity index (χ1) is 11.6. The number of rotatable bonds is 4. The number of benzene rings is 1. The van der Waals surface area contributed by atoms with Gasteiger partial charge in [-0.3, -0.25) is 4.79 Å². The molecule has 1 aliphatic carbocycles. The van der Waals surface area contributed by atoms with Crippen LogP contribution < -0.4 is 5.32 Å². The lowest BCUT2D eigenvalue weighted by Crippen LogP contribution is -2.31. The van der Waals surface area contributed by atoms with E-state index in [9.17, 15) is 9.18 Å². The van der Waals surface area contributed by atoms with Crippen molar-refractivity contribution in [2.75, 3.05) is 0 Å². The van der Waals surface area contributed by atoms with Crippen LogP contribution in [0, 0.1) is 11.7 Å². The molecule has 1 saturated carbocycles. The number of aromatic nitrogens is 2. The lowest BCUT2D eigenvalue weighted by Gasteiger charge is -2.17. The average Bonchev–Trinajstić information content (AvgIpc) is 3.22. The third-order valence-electron chi connectivity index (χ3n) is 4.33. The second kappa shape index (κ2) is 5.86. The van der Waals surface area contributed by atoms with Crippen LogP contribution >= 0.6 is 22.9 Å². The minimum atomic E-state index is -0.407. The highest BCUT2D eigenvalue weighted by atomic mass is 35.5. The zero-order chi connectivity index (χ0) is 16.8. The summed E-state index contributed by atoms with van der Waals surface area (Å²) in [6, 6.07) is 4.59. The van der Waals surface area contributed by atoms with E-state index >= 15 is 0 Å². The lowest BCUT2D eigenvalue weighted by molar-refractivity contribution is 0.0933. The number of hydrogen-bond acceptors (Lipinski definition) is 3. The molecule has 7 heteroatoms. The van der Waals surface area contributed by atoms with E-state index in [1.807, 2.05) is 17.8 Å². The molecule has 1 N–H and O–H groups in total. The van der Waals surface area contributed by atoms with Gasteiger partial charge in [0, 0.05) is 29.5 Å². The first-order valence-corrected chi connectivity index (χ1v) is 8.90. The van der Waals surface area contributed by atoms with Gasteiger partial charge in [0.1, 0.15) is 16.5 Å². The number of carbonyl (C=O) groups is 1. The molecule has 0 aliphatic heterocycles. The van der Waals surface area contributed by atoms with E-state index in [-0.39, 0.29) is 17.0 Å². The summed E-state index contributed by atoms with van der Waals surface area (Å²) in [4.78, 5) is 17.5. The van der Waals surface area contributed by atoms with Crippen LogP contribution in [0.3, 0.4) is 0 Å². The van der Waals surface area contributed by atoms with E-state index in [4.69, 9.17) is 11.6 Å². The van der Waals surface area contributed by atoms with Gasteiger partial charge in [-0.15, -0.1) is 11.3 Å². The average molecular weight is 364 g/mol. The standard InChI is InChI=1S/C17H15ClFN3OS/c1-22-8-7-20-16(22)14(9-5-6-9)21-17(23)15-13(18)12-10(19)3-2-4-11(12)24-15/h2-4,7-9,14H,5-6H2,1H3,(H,21,23). The third kappa shape index (κ3) is 2.59. The Morgan fingerprint density at radius 3 is 2.92 bits per heavy atom. The Morgan fingerprint density at radius 1 is 1.50 bits per heavy atom. The lowest BCUT2D eigenvalue weighted by atomic mass is 10.1. The largest absolute Gasteiger partial charge is 0.341 e.